The zero-order chi connectivity index (χ0) is 17.7. The summed E-state index contributed by atoms with van der Waals surface area (Å²) in [5.74, 6) is 1.16. The Bertz CT molecular complexity index is 830. The SMILES string of the molecule is CCCc1ccc(S(=O)(=O)N(Cc2ccco2)Cc2ccco2)cc1. The summed E-state index contributed by atoms with van der Waals surface area (Å²) in [6, 6.07) is 14.1. The fraction of sp³-hybridized carbons (Fsp3) is 0.263. The van der Waals surface area contributed by atoms with Gasteiger partial charge in [0.15, 0.2) is 0 Å². The van der Waals surface area contributed by atoms with E-state index in [2.05, 4.69) is 6.92 Å². The fourth-order valence-corrected chi connectivity index (χ4v) is 4.02. The summed E-state index contributed by atoms with van der Waals surface area (Å²) in [4.78, 5) is 0.269. The minimum atomic E-state index is -3.67. The topological polar surface area (TPSA) is 63.7 Å². The van der Waals surface area contributed by atoms with Crippen LogP contribution in [0.15, 0.2) is 74.8 Å². The van der Waals surface area contributed by atoms with E-state index in [4.69, 9.17) is 8.83 Å². The van der Waals surface area contributed by atoms with Crippen LogP contribution < -0.4 is 0 Å². The predicted molar refractivity (Wildman–Crippen MR) is 94.3 cm³/mol. The monoisotopic (exact) mass is 359 g/mol. The van der Waals surface area contributed by atoms with Gasteiger partial charge in [-0.05, 0) is 48.4 Å². The van der Waals surface area contributed by atoms with E-state index in [1.165, 1.54) is 16.8 Å². The van der Waals surface area contributed by atoms with Crippen LogP contribution in [0.1, 0.15) is 30.4 Å². The summed E-state index contributed by atoms with van der Waals surface area (Å²) in [7, 11) is -3.67. The number of rotatable bonds is 8. The molecule has 132 valence electrons. The van der Waals surface area contributed by atoms with Crippen LogP contribution >= 0.6 is 0 Å². The molecule has 0 N–H and O–H groups in total. The van der Waals surface area contributed by atoms with Crippen LogP contribution in [-0.2, 0) is 29.5 Å². The molecule has 1 aromatic carbocycles. The normalized spacial score (nSPS) is 11.9. The molecular formula is C19H21NO4S. The van der Waals surface area contributed by atoms with Gasteiger partial charge in [-0.1, -0.05) is 25.5 Å². The zero-order valence-electron chi connectivity index (χ0n) is 14.1. The quantitative estimate of drug-likeness (QED) is 0.604. The molecule has 0 aliphatic heterocycles. The molecule has 0 saturated carbocycles. The first kappa shape index (κ1) is 17.5. The highest BCUT2D eigenvalue weighted by Crippen LogP contribution is 2.22. The Balaban J connectivity index is 1.89. The molecule has 0 spiro atoms. The van der Waals surface area contributed by atoms with Gasteiger partial charge in [0.2, 0.25) is 10.0 Å². The van der Waals surface area contributed by atoms with Crippen LogP contribution in [0.2, 0.25) is 0 Å². The Morgan fingerprint density at radius 2 is 1.44 bits per heavy atom. The van der Waals surface area contributed by atoms with Gasteiger partial charge in [0.05, 0.1) is 30.5 Å². The molecule has 0 fully saturated rings. The maximum Gasteiger partial charge on any atom is 0.243 e. The van der Waals surface area contributed by atoms with Crippen molar-refractivity contribution in [1.29, 1.82) is 0 Å². The van der Waals surface area contributed by atoms with Crippen molar-refractivity contribution < 1.29 is 17.3 Å². The second-order valence-corrected chi connectivity index (χ2v) is 7.76. The van der Waals surface area contributed by atoms with E-state index in [0.717, 1.165) is 18.4 Å². The van der Waals surface area contributed by atoms with E-state index in [1.54, 1.807) is 36.4 Å². The van der Waals surface area contributed by atoms with Gasteiger partial charge in [0.25, 0.3) is 0 Å². The van der Waals surface area contributed by atoms with E-state index in [0.29, 0.717) is 11.5 Å². The van der Waals surface area contributed by atoms with Crippen LogP contribution in [0.4, 0.5) is 0 Å². The number of hydrogen-bond acceptors (Lipinski definition) is 4. The maximum atomic E-state index is 13.1. The van der Waals surface area contributed by atoms with Crippen molar-refractivity contribution in [2.45, 2.75) is 37.8 Å². The van der Waals surface area contributed by atoms with Gasteiger partial charge in [-0.3, -0.25) is 0 Å². The highest BCUT2D eigenvalue weighted by atomic mass is 32.2. The summed E-state index contributed by atoms with van der Waals surface area (Å²) >= 11 is 0. The molecule has 0 aliphatic carbocycles. The van der Waals surface area contributed by atoms with E-state index in [9.17, 15) is 8.42 Å². The van der Waals surface area contributed by atoms with E-state index in [1.807, 2.05) is 12.1 Å². The van der Waals surface area contributed by atoms with Gasteiger partial charge in [0.1, 0.15) is 11.5 Å². The molecule has 25 heavy (non-hydrogen) atoms. The first-order valence-corrected chi connectivity index (χ1v) is 9.67. The summed E-state index contributed by atoms with van der Waals surface area (Å²) < 4.78 is 38.2. The summed E-state index contributed by atoms with van der Waals surface area (Å²) in [6.07, 6.45) is 5.02. The van der Waals surface area contributed by atoms with Crippen LogP contribution in [0.3, 0.4) is 0 Å². The first-order valence-electron chi connectivity index (χ1n) is 8.23. The molecule has 0 atom stereocenters. The molecule has 3 aromatic rings. The van der Waals surface area contributed by atoms with Gasteiger partial charge < -0.3 is 8.83 Å². The molecule has 2 heterocycles. The lowest BCUT2D eigenvalue weighted by molar-refractivity contribution is 0.330. The van der Waals surface area contributed by atoms with E-state index >= 15 is 0 Å². The number of aryl methyl sites for hydroxylation is 1. The third-order valence-electron chi connectivity index (χ3n) is 3.92. The van der Waals surface area contributed by atoms with Crippen LogP contribution in [0.25, 0.3) is 0 Å². The van der Waals surface area contributed by atoms with Gasteiger partial charge in [-0.15, -0.1) is 0 Å². The lowest BCUT2D eigenvalue weighted by Crippen LogP contribution is -2.30. The minimum absolute atomic E-state index is 0.146. The van der Waals surface area contributed by atoms with E-state index < -0.39 is 10.0 Å². The Morgan fingerprint density at radius 1 is 0.880 bits per heavy atom. The maximum absolute atomic E-state index is 13.1. The standard InChI is InChI=1S/C19H21NO4S/c1-2-5-16-8-10-19(11-9-16)25(21,22)20(14-17-6-3-12-23-17)15-18-7-4-13-24-18/h3-4,6-13H,2,5,14-15H2,1H3. The van der Waals surface area contributed by atoms with Crippen molar-refractivity contribution in [3.63, 3.8) is 0 Å². The molecule has 0 unspecified atom stereocenters. The summed E-state index contributed by atoms with van der Waals surface area (Å²) in [6.45, 7) is 2.39. The van der Waals surface area contributed by atoms with Crippen LogP contribution in [0, 0.1) is 0 Å². The molecule has 0 saturated heterocycles. The van der Waals surface area contributed by atoms with Crippen molar-refractivity contribution in [2.24, 2.45) is 0 Å². The average Bonchev–Trinajstić information content (AvgIpc) is 3.29. The van der Waals surface area contributed by atoms with E-state index in [-0.39, 0.29) is 18.0 Å². The Kier molecular flexibility index (Phi) is 5.40. The van der Waals surface area contributed by atoms with Crippen molar-refractivity contribution in [3.8, 4) is 0 Å². The highest BCUT2D eigenvalue weighted by molar-refractivity contribution is 7.89. The highest BCUT2D eigenvalue weighted by Gasteiger charge is 2.26. The molecular weight excluding hydrogens is 338 g/mol. The lowest BCUT2D eigenvalue weighted by atomic mass is 10.1. The molecule has 0 amide bonds. The number of nitrogens with zero attached hydrogens (tertiary/aromatic N) is 1. The summed E-state index contributed by atoms with van der Waals surface area (Å²) in [5.41, 5.74) is 1.13. The van der Waals surface area contributed by atoms with Crippen LogP contribution in [-0.4, -0.2) is 12.7 Å². The molecule has 2 aromatic heterocycles. The van der Waals surface area contributed by atoms with Crippen molar-refractivity contribution in [3.05, 3.63) is 78.1 Å². The predicted octanol–water partition coefficient (Wildman–Crippen LogP) is 4.22. The van der Waals surface area contributed by atoms with Gasteiger partial charge >= 0.3 is 0 Å². The lowest BCUT2D eigenvalue weighted by Gasteiger charge is -2.20. The number of furan rings is 2. The molecule has 5 nitrogen and oxygen atoms in total. The smallest absolute Gasteiger partial charge is 0.243 e. The molecule has 6 heteroatoms. The van der Waals surface area contributed by atoms with Gasteiger partial charge in [-0.25, -0.2) is 8.42 Å². The Morgan fingerprint density at radius 3 is 1.88 bits per heavy atom. The number of benzene rings is 1. The van der Waals surface area contributed by atoms with Gasteiger partial charge in [-0.2, -0.15) is 4.31 Å². The second kappa shape index (κ2) is 7.72. The van der Waals surface area contributed by atoms with Crippen molar-refractivity contribution in [2.75, 3.05) is 0 Å². The minimum Gasteiger partial charge on any atom is -0.468 e. The zero-order valence-corrected chi connectivity index (χ0v) is 14.9. The molecule has 0 bridgehead atoms. The Hall–Kier alpha value is -2.31. The fourth-order valence-electron chi connectivity index (χ4n) is 2.64. The molecule has 0 radical (unpaired) electrons. The largest absolute Gasteiger partial charge is 0.468 e. The Labute approximate surface area is 147 Å². The third-order valence-corrected chi connectivity index (χ3v) is 5.73. The average molecular weight is 359 g/mol. The van der Waals surface area contributed by atoms with Crippen LogP contribution in [0.5, 0.6) is 0 Å². The molecule has 0 aliphatic rings. The van der Waals surface area contributed by atoms with Crippen molar-refractivity contribution in [1.82, 2.24) is 4.31 Å². The number of sulfonamides is 1. The third kappa shape index (κ3) is 4.21. The number of hydrogen-bond donors (Lipinski definition) is 0. The molecule has 3 rings (SSSR count). The van der Waals surface area contributed by atoms with Crippen molar-refractivity contribution >= 4 is 10.0 Å². The first-order chi connectivity index (χ1) is 12.1. The van der Waals surface area contributed by atoms with Gasteiger partial charge in [0, 0.05) is 0 Å². The summed E-state index contributed by atoms with van der Waals surface area (Å²) in [5, 5.41) is 0. The second-order valence-electron chi connectivity index (χ2n) is 5.83.